The van der Waals surface area contributed by atoms with Gasteiger partial charge in [-0.3, -0.25) is 9.59 Å². The summed E-state index contributed by atoms with van der Waals surface area (Å²) in [7, 11) is 1.63. The van der Waals surface area contributed by atoms with Crippen molar-refractivity contribution in [2.24, 2.45) is 0 Å². The first kappa shape index (κ1) is 18.7. The van der Waals surface area contributed by atoms with Gasteiger partial charge in [0.15, 0.2) is 0 Å². The third kappa shape index (κ3) is 6.43. The summed E-state index contributed by atoms with van der Waals surface area (Å²) in [5, 5.41) is 2.83. The van der Waals surface area contributed by atoms with Gasteiger partial charge in [0.1, 0.15) is 6.26 Å². The van der Waals surface area contributed by atoms with Crippen LogP contribution in [0.25, 0.3) is 0 Å². The maximum Gasteiger partial charge on any atom is 0.257 e. The van der Waals surface area contributed by atoms with Crippen molar-refractivity contribution in [1.82, 2.24) is 10.2 Å². The third-order valence-corrected chi connectivity index (χ3v) is 3.73. The highest BCUT2D eigenvalue weighted by Crippen LogP contribution is 2.11. The minimum atomic E-state index is -0.148. The van der Waals surface area contributed by atoms with E-state index < -0.39 is 0 Å². The molecule has 1 N–H and O–H groups in total. The van der Waals surface area contributed by atoms with Crippen LogP contribution in [-0.2, 0) is 16.1 Å². The van der Waals surface area contributed by atoms with Crippen molar-refractivity contribution in [2.45, 2.75) is 19.4 Å². The molecule has 134 valence electrons. The molecule has 0 aliphatic heterocycles. The fourth-order valence-corrected chi connectivity index (χ4v) is 2.39. The van der Waals surface area contributed by atoms with Crippen molar-refractivity contribution in [2.75, 3.05) is 26.8 Å². The molecule has 2 aromatic rings. The molecule has 1 heterocycles. The van der Waals surface area contributed by atoms with Gasteiger partial charge in [0.05, 0.1) is 11.8 Å². The summed E-state index contributed by atoms with van der Waals surface area (Å²) >= 11 is 0. The lowest BCUT2D eigenvalue weighted by atomic mass is 10.2. The number of methoxy groups -OCH3 is 1. The van der Waals surface area contributed by atoms with Crippen LogP contribution < -0.4 is 5.32 Å². The monoisotopic (exact) mass is 344 g/mol. The van der Waals surface area contributed by atoms with Gasteiger partial charge >= 0.3 is 0 Å². The van der Waals surface area contributed by atoms with Crippen molar-refractivity contribution in [3.05, 3.63) is 60.1 Å². The molecule has 0 atom stereocenters. The normalized spacial score (nSPS) is 10.4. The summed E-state index contributed by atoms with van der Waals surface area (Å²) < 4.78 is 9.95. The van der Waals surface area contributed by atoms with Crippen LogP contribution >= 0.6 is 0 Å². The number of nitrogens with zero attached hydrogens (tertiary/aromatic N) is 1. The molecule has 2 rings (SSSR count). The molecular weight excluding hydrogens is 320 g/mol. The number of ether oxygens (including phenoxy) is 1. The SMILES string of the molecule is COCCCNC(=O)CCN(Cc1ccccc1)C(=O)c1ccoc1. The van der Waals surface area contributed by atoms with E-state index in [9.17, 15) is 9.59 Å². The summed E-state index contributed by atoms with van der Waals surface area (Å²) in [5.41, 5.74) is 1.50. The van der Waals surface area contributed by atoms with Crippen molar-refractivity contribution in [3.63, 3.8) is 0 Å². The molecule has 0 fully saturated rings. The molecule has 25 heavy (non-hydrogen) atoms. The number of hydrogen-bond acceptors (Lipinski definition) is 4. The lowest BCUT2D eigenvalue weighted by molar-refractivity contribution is -0.121. The zero-order valence-corrected chi connectivity index (χ0v) is 14.4. The maximum atomic E-state index is 12.6. The number of benzene rings is 1. The van der Waals surface area contributed by atoms with Crippen molar-refractivity contribution in [1.29, 1.82) is 0 Å². The molecule has 0 spiro atoms. The summed E-state index contributed by atoms with van der Waals surface area (Å²) in [4.78, 5) is 26.3. The zero-order chi connectivity index (χ0) is 17.9. The van der Waals surface area contributed by atoms with E-state index in [0.717, 1.165) is 12.0 Å². The van der Waals surface area contributed by atoms with E-state index in [1.807, 2.05) is 30.3 Å². The van der Waals surface area contributed by atoms with Gasteiger partial charge in [0.2, 0.25) is 5.91 Å². The summed E-state index contributed by atoms with van der Waals surface area (Å²) in [5.74, 6) is -0.223. The second kappa shape index (κ2) is 10.3. The average Bonchev–Trinajstić information content (AvgIpc) is 3.17. The van der Waals surface area contributed by atoms with Crippen LogP contribution in [0.4, 0.5) is 0 Å². The van der Waals surface area contributed by atoms with E-state index in [1.165, 1.54) is 12.5 Å². The van der Waals surface area contributed by atoms with Gasteiger partial charge in [-0.05, 0) is 18.1 Å². The van der Waals surface area contributed by atoms with E-state index in [1.54, 1.807) is 18.1 Å². The highest BCUT2D eigenvalue weighted by Gasteiger charge is 2.18. The van der Waals surface area contributed by atoms with E-state index in [0.29, 0.717) is 31.8 Å². The number of rotatable bonds is 10. The molecular formula is C19H24N2O4. The minimum absolute atomic E-state index is 0.0749. The second-order valence-electron chi connectivity index (χ2n) is 5.67. The van der Waals surface area contributed by atoms with Crippen LogP contribution in [0.3, 0.4) is 0 Å². The molecule has 0 aliphatic carbocycles. The third-order valence-electron chi connectivity index (χ3n) is 3.73. The van der Waals surface area contributed by atoms with Gasteiger partial charge in [-0.2, -0.15) is 0 Å². The first-order chi connectivity index (χ1) is 12.2. The Labute approximate surface area is 147 Å². The number of amides is 2. The van der Waals surface area contributed by atoms with Crippen LogP contribution in [0, 0.1) is 0 Å². The van der Waals surface area contributed by atoms with Crippen LogP contribution in [-0.4, -0.2) is 43.5 Å². The van der Waals surface area contributed by atoms with Gasteiger partial charge in [-0.1, -0.05) is 30.3 Å². The van der Waals surface area contributed by atoms with Gasteiger partial charge in [0.25, 0.3) is 5.91 Å². The lowest BCUT2D eigenvalue weighted by Crippen LogP contribution is -2.35. The molecule has 6 nitrogen and oxygen atoms in total. The first-order valence-electron chi connectivity index (χ1n) is 8.31. The van der Waals surface area contributed by atoms with Crippen LogP contribution in [0.15, 0.2) is 53.3 Å². The Kier molecular flexibility index (Phi) is 7.72. The highest BCUT2D eigenvalue weighted by molar-refractivity contribution is 5.94. The Morgan fingerprint density at radius 3 is 2.68 bits per heavy atom. The largest absolute Gasteiger partial charge is 0.472 e. The molecule has 0 unspecified atom stereocenters. The molecule has 0 aliphatic rings. The quantitative estimate of drug-likeness (QED) is 0.672. The Morgan fingerprint density at radius 1 is 1.20 bits per heavy atom. The molecule has 1 aromatic heterocycles. The second-order valence-corrected chi connectivity index (χ2v) is 5.67. The van der Waals surface area contributed by atoms with Gasteiger partial charge in [-0.25, -0.2) is 0 Å². The van der Waals surface area contributed by atoms with Crippen LogP contribution in [0.5, 0.6) is 0 Å². The summed E-state index contributed by atoms with van der Waals surface area (Å²) in [6, 6.07) is 11.3. The van der Waals surface area contributed by atoms with Crippen molar-refractivity contribution in [3.8, 4) is 0 Å². The standard InChI is InChI=1S/C19H24N2O4/c1-24-12-5-10-20-18(22)8-11-21(14-16-6-3-2-4-7-16)19(23)17-9-13-25-15-17/h2-4,6-7,9,13,15H,5,8,10-12,14H2,1H3,(H,20,22). The predicted molar refractivity (Wildman–Crippen MR) is 94.0 cm³/mol. The van der Waals surface area contributed by atoms with Gasteiger partial charge in [-0.15, -0.1) is 0 Å². The Morgan fingerprint density at radius 2 is 2.00 bits per heavy atom. The minimum Gasteiger partial charge on any atom is -0.472 e. The van der Waals surface area contributed by atoms with E-state index in [2.05, 4.69) is 5.32 Å². The highest BCUT2D eigenvalue weighted by atomic mass is 16.5. The topological polar surface area (TPSA) is 71.8 Å². The Bertz CT molecular complexity index is 641. The smallest absolute Gasteiger partial charge is 0.257 e. The number of carbonyl (C=O) groups excluding carboxylic acids is 2. The Hall–Kier alpha value is -2.60. The molecule has 0 saturated heterocycles. The molecule has 0 radical (unpaired) electrons. The fraction of sp³-hybridized carbons (Fsp3) is 0.368. The lowest BCUT2D eigenvalue weighted by Gasteiger charge is -2.22. The van der Waals surface area contributed by atoms with Crippen molar-refractivity contribution < 1.29 is 18.7 Å². The van der Waals surface area contributed by atoms with E-state index in [-0.39, 0.29) is 18.2 Å². The molecule has 0 saturated carbocycles. The zero-order valence-electron chi connectivity index (χ0n) is 14.4. The van der Waals surface area contributed by atoms with Crippen LogP contribution in [0.2, 0.25) is 0 Å². The molecule has 0 bridgehead atoms. The maximum absolute atomic E-state index is 12.6. The first-order valence-corrected chi connectivity index (χ1v) is 8.31. The predicted octanol–water partition coefficient (Wildman–Crippen LogP) is 2.46. The van der Waals surface area contributed by atoms with Crippen molar-refractivity contribution >= 4 is 11.8 Å². The number of hydrogen-bond donors (Lipinski definition) is 1. The Balaban J connectivity index is 1.92. The molecule has 2 amide bonds. The average molecular weight is 344 g/mol. The van der Waals surface area contributed by atoms with Gasteiger partial charge in [0, 0.05) is 39.8 Å². The van der Waals surface area contributed by atoms with E-state index >= 15 is 0 Å². The molecule has 1 aromatic carbocycles. The molecule has 6 heteroatoms. The number of furan rings is 1. The number of carbonyl (C=O) groups is 2. The fourth-order valence-electron chi connectivity index (χ4n) is 2.39. The van der Waals surface area contributed by atoms with Gasteiger partial charge < -0.3 is 19.4 Å². The summed E-state index contributed by atoms with van der Waals surface area (Å²) in [6.07, 6.45) is 3.91. The summed E-state index contributed by atoms with van der Waals surface area (Å²) in [6.45, 7) is 1.97. The van der Waals surface area contributed by atoms with Crippen LogP contribution in [0.1, 0.15) is 28.8 Å². The number of nitrogens with one attached hydrogen (secondary N) is 1. The van der Waals surface area contributed by atoms with E-state index in [4.69, 9.17) is 9.15 Å².